The molecule has 1 saturated heterocycles. The van der Waals surface area contributed by atoms with Crippen LogP contribution in [0.5, 0.6) is 0 Å². The van der Waals surface area contributed by atoms with Gasteiger partial charge in [-0.3, -0.25) is 14.6 Å². The monoisotopic (exact) mass is 414 g/mol. The Morgan fingerprint density at radius 1 is 1.20 bits per heavy atom. The van der Waals surface area contributed by atoms with Gasteiger partial charge >= 0.3 is 5.97 Å². The zero-order valence-corrected chi connectivity index (χ0v) is 18.3. The van der Waals surface area contributed by atoms with E-state index in [2.05, 4.69) is 27.4 Å². The van der Waals surface area contributed by atoms with E-state index >= 15 is 0 Å². The van der Waals surface area contributed by atoms with Gasteiger partial charge in [0.25, 0.3) is 0 Å². The molecule has 2 N–H and O–H groups in total. The summed E-state index contributed by atoms with van der Waals surface area (Å²) in [6, 6.07) is 7.93. The summed E-state index contributed by atoms with van der Waals surface area (Å²) in [6.07, 6.45) is 5.51. The number of nitrogens with one attached hydrogen (secondary N) is 2. The molecule has 0 bridgehead atoms. The van der Waals surface area contributed by atoms with Gasteiger partial charge in [-0.05, 0) is 36.5 Å². The zero-order chi connectivity index (χ0) is 21.5. The number of anilines is 1. The minimum atomic E-state index is -0.165. The number of nitrogens with zero attached hydrogens (tertiary/aromatic N) is 2. The van der Waals surface area contributed by atoms with Gasteiger partial charge in [0.15, 0.2) is 5.96 Å². The highest BCUT2D eigenvalue weighted by atomic mass is 16.5. The zero-order valence-electron chi connectivity index (χ0n) is 18.3. The average Bonchev–Trinajstić information content (AvgIpc) is 3.16. The standard InChI is InChI=1S/C23H34N4O3/c1-16-14-27(15-20(16)22(29)30-3)23(24-2)25-13-17-8-7-11-19(12-17)26-21(28)18-9-5-4-6-10-18/h7-8,11-12,16,18,20H,4-6,9-10,13-15H2,1-3H3,(H,24,25)(H,26,28). The topological polar surface area (TPSA) is 83.0 Å². The summed E-state index contributed by atoms with van der Waals surface area (Å²) in [5.74, 6) is 0.961. The summed E-state index contributed by atoms with van der Waals surface area (Å²) in [7, 11) is 3.18. The normalized spacial score (nSPS) is 22.6. The van der Waals surface area contributed by atoms with Crippen molar-refractivity contribution in [2.24, 2.45) is 22.7 Å². The third-order valence-electron chi connectivity index (χ3n) is 6.25. The van der Waals surface area contributed by atoms with E-state index in [0.29, 0.717) is 13.1 Å². The average molecular weight is 415 g/mol. The van der Waals surface area contributed by atoms with Crippen LogP contribution in [0, 0.1) is 17.8 Å². The number of hydrogen-bond donors (Lipinski definition) is 2. The van der Waals surface area contributed by atoms with Gasteiger partial charge in [-0.25, -0.2) is 0 Å². The first-order valence-corrected chi connectivity index (χ1v) is 10.9. The number of hydrogen-bond acceptors (Lipinski definition) is 4. The lowest BCUT2D eigenvalue weighted by Crippen LogP contribution is -2.40. The first-order chi connectivity index (χ1) is 14.5. The fourth-order valence-electron chi connectivity index (χ4n) is 4.48. The van der Waals surface area contributed by atoms with E-state index in [-0.39, 0.29) is 29.6 Å². The minimum absolute atomic E-state index is 0.133. The number of benzene rings is 1. The quantitative estimate of drug-likeness (QED) is 0.440. The van der Waals surface area contributed by atoms with Crippen LogP contribution in [-0.2, 0) is 20.9 Å². The Labute approximate surface area is 179 Å². The molecule has 1 aliphatic heterocycles. The van der Waals surface area contributed by atoms with Crippen molar-refractivity contribution in [3.05, 3.63) is 29.8 Å². The molecule has 1 aliphatic carbocycles. The summed E-state index contributed by atoms with van der Waals surface area (Å²) >= 11 is 0. The fourth-order valence-corrected chi connectivity index (χ4v) is 4.48. The van der Waals surface area contributed by atoms with Gasteiger partial charge in [-0.1, -0.05) is 38.3 Å². The first-order valence-electron chi connectivity index (χ1n) is 10.9. The van der Waals surface area contributed by atoms with Gasteiger partial charge in [-0.2, -0.15) is 0 Å². The van der Waals surface area contributed by atoms with Gasteiger partial charge in [0, 0.05) is 38.3 Å². The molecule has 2 fully saturated rings. The van der Waals surface area contributed by atoms with E-state index in [1.165, 1.54) is 13.5 Å². The lowest BCUT2D eigenvalue weighted by molar-refractivity contribution is -0.146. The summed E-state index contributed by atoms with van der Waals surface area (Å²) in [4.78, 5) is 31.0. The maximum atomic E-state index is 12.5. The van der Waals surface area contributed by atoms with Gasteiger partial charge in [-0.15, -0.1) is 0 Å². The molecule has 7 heteroatoms. The van der Waals surface area contributed by atoms with Crippen LogP contribution in [0.1, 0.15) is 44.6 Å². The third-order valence-corrected chi connectivity index (χ3v) is 6.25. The number of guanidine groups is 1. The van der Waals surface area contributed by atoms with E-state index in [1.807, 2.05) is 24.3 Å². The smallest absolute Gasteiger partial charge is 0.310 e. The Kier molecular flexibility index (Phi) is 7.71. The molecule has 0 radical (unpaired) electrons. The summed E-state index contributed by atoms with van der Waals surface area (Å²) in [5, 5.41) is 6.46. The molecule has 2 atom stereocenters. The van der Waals surface area contributed by atoms with Crippen LogP contribution in [0.25, 0.3) is 0 Å². The summed E-state index contributed by atoms with van der Waals surface area (Å²) in [6.45, 7) is 4.02. The fraction of sp³-hybridized carbons (Fsp3) is 0.609. The Bertz CT molecular complexity index is 773. The van der Waals surface area contributed by atoms with Crippen LogP contribution in [0.3, 0.4) is 0 Å². The molecular formula is C23H34N4O3. The molecule has 2 aliphatic rings. The second-order valence-corrected chi connectivity index (χ2v) is 8.44. The van der Waals surface area contributed by atoms with Crippen LogP contribution in [0.15, 0.2) is 29.3 Å². The maximum absolute atomic E-state index is 12.5. The van der Waals surface area contributed by atoms with Crippen LogP contribution in [0.4, 0.5) is 5.69 Å². The molecule has 1 aromatic rings. The van der Waals surface area contributed by atoms with Gasteiger partial charge in [0.05, 0.1) is 13.0 Å². The van der Waals surface area contributed by atoms with E-state index < -0.39 is 0 Å². The number of carbonyl (C=O) groups is 2. The Hall–Kier alpha value is -2.57. The molecule has 0 spiro atoms. The van der Waals surface area contributed by atoms with E-state index in [0.717, 1.165) is 49.4 Å². The van der Waals surface area contributed by atoms with Crippen molar-refractivity contribution in [1.82, 2.24) is 10.2 Å². The molecule has 2 unspecified atom stereocenters. The Morgan fingerprint density at radius 2 is 1.97 bits per heavy atom. The third kappa shape index (κ3) is 5.52. The van der Waals surface area contributed by atoms with Crippen LogP contribution in [-0.4, -0.2) is 50.0 Å². The molecule has 30 heavy (non-hydrogen) atoms. The highest BCUT2D eigenvalue weighted by Gasteiger charge is 2.36. The molecule has 3 rings (SSSR count). The lowest BCUT2D eigenvalue weighted by atomic mass is 9.88. The maximum Gasteiger partial charge on any atom is 0.310 e. The number of carbonyl (C=O) groups excluding carboxylic acids is 2. The molecule has 1 heterocycles. The number of aliphatic imine (C=N–C) groups is 1. The lowest BCUT2D eigenvalue weighted by Gasteiger charge is -2.22. The second kappa shape index (κ2) is 10.5. The van der Waals surface area contributed by atoms with Crippen molar-refractivity contribution >= 4 is 23.5 Å². The second-order valence-electron chi connectivity index (χ2n) is 8.44. The number of esters is 1. The number of amides is 1. The highest BCUT2D eigenvalue weighted by Crippen LogP contribution is 2.26. The Morgan fingerprint density at radius 3 is 2.67 bits per heavy atom. The van der Waals surface area contributed by atoms with Crippen molar-refractivity contribution in [1.29, 1.82) is 0 Å². The highest BCUT2D eigenvalue weighted by molar-refractivity contribution is 5.92. The van der Waals surface area contributed by atoms with Crippen LogP contribution in [0.2, 0.25) is 0 Å². The van der Waals surface area contributed by atoms with E-state index in [9.17, 15) is 9.59 Å². The van der Waals surface area contributed by atoms with Crippen molar-refractivity contribution in [2.45, 2.75) is 45.6 Å². The molecule has 7 nitrogen and oxygen atoms in total. The number of ether oxygens (including phenoxy) is 1. The predicted octanol–water partition coefficient (Wildman–Crippen LogP) is 3.02. The molecule has 1 amide bonds. The molecule has 0 aromatic heterocycles. The predicted molar refractivity (Wildman–Crippen MR) is 118 cm³/mol. The largest absolute Gasteiger partial charge is 0.469 e. The van der Waals surface area contributed by atoms with Crippen LogP contribution >= 0.6 is 0 Å². The molecule has 1 aromatic carbocycles. The summed E-state index contributed by atoms with van der Waals surface area (Å²) in [5.41, 5.74) is 1.90. The number of likely N-dealkylation sites (tertiary alicyclic amines) is 1. The van der Waals surface area contributed by atoms with Crippen LogP contribution < -0.4 is 10.6 Å². The molecule has 1 saturated carbocycles. The number of methoxy groups -OCH3 is 1. The summed E-state index contributed by atoms with van der Waals surface area (Å²) < 4.78 is 4.92. The first kappa shape index (κ1) is 22.1. The number of rotatable bonds is 5. The van der Waals surface area contributed by atoms with E-state index in [4.69, 9.17) is 4.74 Å². The van der Waals surface area contributed by atoms with Crippen molar-refractivity contribution in [3.63, 3.8) is 0 Å². The molecular weight excluding hydrogens is 380 g/mol. The van der Waals surface area contributed by atoms with Crippen molar-refractivity contribution in [2.75, 3.05) is 32.6 Å². The van der Waals surface area contributed by atoms with E-state index in [1.54, 1.807) is 7.05 Å². The minimum Gasteiger partial charge on any atom is -0.469 e. The SMILES string of the molecule is CN=C(NCc1cccc(NC(=O)C2CCCCC2)c1)N1CC(C)C(C(=O)OC)C1. The van der Waals surface area contributed by atoms with Crippen molar-refractivity contribution < 1.29 is 14.3 Å². The molecule has 164 valence electrons. The Balaban J connectivity index is 1.55. The van der Waals surface area contributed by atoms with Gasteiger partial charge < -0.3 is 20.3 Å². The van der Waals surface area contributed by atoms with Gasteiger partial charge in [0.1, 0.15) is 0 Å². The van der Waals surface area contributed by atoms with Crippen molar-refractivity contribution in [3.8, 4) is 0 Å². The van der Waals surface area contributed by atoms with Gasteiger partial charge in [0.2, 0.25) is 5.91 Å².